The summed E-state index contributed by atoms with van der Waals surface area (Å²) < 4.78 is 5.02. The van der Waals surface area contributed by atoms with Crippen LogP contribution in [-0.4, -0.2) is 36.7 Å². The largest absolute Gasteiger partial charge is 0.462 e. The second-order valence-corrected chi connectivity index (χ2v) is 4.63. The van der Waals surface area contributed by atoms with E-state index in [1.54, 1.807) is 25.3 Å². The van der Waals surface area contributed by atoms with Gasteiger partial charge in [-0.25, -0.2) is 9.78 Å². The number of nitrogens with one attached hydrogen (secondary N) is 2. The van der Waals surface area contributed by atoms with Crippen LogP contribution in [0.5, 0.6) is 0 Å². The fourth-order valence-corrected chi connectivity index (χ4v) is 2.29. The molecule has 1 fully saturated rings. The molecule has 0 radical (unpaired) electrons. The molecule has 0 saturated carbocycles. The van der Waals surface area contributed by atoms with Gasteiger partial charge in [0.1, 0.15) is 11.4 Å². The lowest BCUT2D eigenvalue weighted by Crippen LogP contribution is -2.24. The molecule has 0 unspecified atom stereocenters. The molecule has 104 valence electrons. The molecule has 0 amide bonds. The van der Waals surface area contributed by atoms with E-state index in [0.29, 0.717) is 24.0 Å². The summed E-state index contributed by atoms with van der Waals surface area (Å²) in [6.45, 7) is 4.09. The Labute approximate surface area is 113 Å². The van der Waals surface area contributed by atoms with Crippen molar-refractivity contribution in [2.24, 2.45) is 0 Å². The summed E-state index contributed by atoms with van der Waals surface area (Å²) in [5, 5.41) is 6.68. The Morgan fingerprint density at radius 3 is 3.26 bits per heavy atom. The molecule has 1 aromatic rings. The van der Waals surface area contributed by atoms with Crippen LogP contribution >= 0.6 is 0 Å². The zero-order valence-corrected chi connectivity index (χ0v) is 11.3. The van der Waals surface area contributed by atoms with Gasteiger partial charge in [0.25, 0.3) is 0 Å². The van der Waals surface area contributed by atoms with Crippen LogP contribution < -0.4 is 10.6 Å². The fraction of sp³-hybridized carbons (Fsp3) is 0.571. The van der Waals surface area contributed by atoms with E-state index in [2.05, 4.69) is 15.6 Å². The first-order chi connectivity index (χ1) is 9.31. The Hall–Kier alpha value is -1.62. The van der Waals surface area contributed by atoms with Crippen LogP contribution in [0.4, 0.5) is 5.82 Å². The Balaban J connectivity index is 1.89. The van der Waals surface area contributed by atoms with Crippen LogP contribution in [0.1, 0.15) is 36.5 Å². The highest BCUT2D eigenvalue weighted by Crippen LogP contribution is 2.14. The van der Waals surface area contributed by atoms with Gasteiger partial charge in [0, 0.05) is 18.8 Å². The summed E-state index contributed by atoms with van der Waals surface area (Å²) in [5.41, 5.74) is 0.503. The van der Waals surface area contributed by atoms with Gasteiger partial charge in [-0.2, -0.15) is 0 Å². The Morgan fingerprint density at radius 1 is 1.63 bits per heavy atom. The number of ether oxygens (including phenoxy) is 1. The van der Waals surface area contributed by atoms with Crippen molar-refractivity contribution < 1.29 is 9.53 Å². The maximum atomic E-state index is 11.8. The number of carbonyl (C=O) groups excluding carboxylic acids is 1. The predicted molar refractivity (Wildman–Crippen MR) is 74.3 cm³/mol. The second-order valence-electron chi connectivity index (χ2n) is 4.63. The van der Waals surface area contributed by atoms with Crippen LogP contribution in [-0.2, 0) is 4.74 Å². The average molecular weight is 263 g/mol. The molecule has 5 heteroatoms. The van der Waals surface area contributed by atoms with Crippen molar-refractivity contribution in [2.45, 2.75) is 32.2 Å². The summed E-state index contributed by atoms with van der Waals surface area (Å²) in [7, 11) is 0. The highest BCUT2D eigenvalue weighted by molar-refractivity contribution is 5.94. The molecule has 1 atom stereocenters. The lowest BCUT2D eigenvalue weighted by Gasteiger charge is -2.13. The quantitative estimate of drug-likeness (QED) is 0.766. The number of hydrogen-bond acceptors (Lipinski definition) is 5. The van der Waals surface area contributed by atoms with E-state index >= 15 is 0 Å². The number of aromatic nitrogens is 1. The summed E-state index contributed by atoms with van der Waals surface area (Å²) in [6.07, 6.45) is 5.20. The first-order valence-electron chi connectivity index (χ1n) is 6.90. The van der Waals surface area contributed by atoms with Gasteiger partial charge in [-0.3, -0.25) is 0 Å². The maximum absolute atomic E-state index is 11.8. The Bertz CT molecular complexity index is 417. The van der Waals surface area contributed by atoms with Gasteiger partial charge in [0.15, 0.2) is 0 Å². The SMILES string of the molecule is CCOC(=O)c1cccnc1NCC[C@H]1CCCN1. The third-order valence-electron chi connectivity index (χ3n) is 3.25. The summed E-state index contributed by atoms with van der Waals surface area (Å²) in [4.78, 5) is 16.0. The van der Waals surface area contributed by atoms with Crippen molar-refractivity contribution in [3.8, 4) is 0 Å². The van der Waals surface area contributed by atoms with Crippen molar-refractivity contribution in [1.82, 2.24) is 10.3 Å². The van der Waals surface area contributed by atoms with Crippen molar-refractivity contribution >= 4 is 11.8 Å². The minimum Gasteiger partial charge on any atom is -0.462 e. The summed E-state index contributed by atoms with van der Waals surface area (Å²) >= 11 is 0. The maximum Gasteiger partial charge on any atom is 0.341 e. The van der Waals surface area contributed by atoms with Crippen LogP contribution in [0.2, 0.25) is 0 Å². The van der Waals surface area contributed by atoms with Crippen molar-refractivity contribution in [3.63, 3.8) is 0 Å². The zero-order valence-electron chi connectivity index (χ0n) is 11.3. The topological polar surface area (TPSA) is 63.2 Å². The molecule has 0 bridgehead atoms. The summed E-state index contributed by atoms with van der Waals surface area (Å²) in [6, 6.07) is 4.07. The van der Waals surface area contributed by atoms with E-state index in [1.165, 1.54) is 12.8 Å². The van der Waals surface area contributed by atoms with E-state index in [4.69, 9.17) is 4.74 Å². The van der Waals surface area contributed by atoms with E-state index in [0.717, 1.165) is 19.5 Å². The molecule has 0 aromatic carbocycles. The van der Waals surface area contributed by atoms with E-state index in [9.17, 15) is 4.79 Å². The normalized spacial score (nSPS) is 18.3. The minimum absolute atomic E-state index is 0.322. The molecule has 2 heterocycles. The van der Waals surface area contributed by atoms with Crippen LogP contribution in [0.25, 0.3) is 0 Å². The molecule has 2 N–H and O–H groups in total. The van der Waals surface area contributed by atoms with Gasteiger partial charge in [-0.05, 0) is 44.9 Å². The van der Waals surface area contributed by atoms with Crippen molar-refractivity contribution in [3.05, 3.63) is 23.9 Å². The van der Waals surface area contributed by atoms with E-state index < -0.39 is 0 Å². The molecule has 5 nitrogen and oxygen atoms in total. The van der Waals surface area contributed by atoms with Crippen molar-refractivity contribution in [2.75, 3.05) is 25.0 Å². The predicted octanol–water partition coefficient (Wildman–Crippen LogP) is 1.81. The van der Waals surface area contributed by atoms with Gasteiger partial charge in [-0.15, -0.1) is 0 Å². The van der Waals surface area contributed by atoms with Crippen LogP contribution in [0.3, 0.4) is 0 Å². The number of nitrogens with zero attached hydrogens (tertiary/aromatic N) is 1. The second kappa shape index (κ2) is 7.09. The standard InChI is InChI=1S/C14H21N3O2/c1-2-19-14(18)12-6-4-9-16-13(12)17-10-7-11-5-3-8-15-11/h4,6,9,11,15H,2-3,5,7-8,10H2,1H3,(H,16,17)/t11-/m1/s1. The molecular formula is C14H21N3O2. The molecule has 1 aromatic heterocycles. The fourth-order valence-electron chi connectivity index (χ4n) is 2.29. The van der Waals surface area contributed by atoms with Crippen molar-refractivity contribution in [1.29, 1.82) is 0 Å². The number of carbonyl (C=O) groups is 1. The lowest BCUT2D eigenvalue weighted by molar-refractivity contribution is 0.0527. The zero-order chi connectivity index (χ0) is 13.5. The number of rotatable bonds is 6. The average Bonchev–Trinajstić information content (AvgIpc) is 2.93. The molecule has 2 rings (SSSR count). The smallest absolute Gasteiger partial charge is 0.341 e. The van der Waals surface area contributed by atoms with Gasteiger partial charge in [0.05, 0.1) is 6.61 Å². The third kappa shape index (κ3) is 3.92. The van der Waals surface area contributed by atoms with Crippen LogP contribution in [0.15, 0.2) is 18.3 Å². The molecule has 19 heavy (non-hydrogen) atoms. The van der Waals surface area contributed by atoms with Gasteiger partial charge in [-0.1, -0.05) is 0 Å². The van der Waals surface area contributed by atoms with E-state index in [-0.39, 0.29) is 5.97 Å². The molecule has 1 saturated heterocycles. The number of hydrogen-bond donors (Lipinski definition) is 2. The first-order valence-corrected chi connectivity index (χ1v) is 6.90. The first kappa shape index (κ1) is 13.8. The highest BCUT2D eigenvalue weighted by atomic mass is 16.5. The third-order valence-corrected chi connectivity index (χ3v) is 3.25. The minimum atomic E-state index is -0.322. The molecule has 1 aliphatic rings. The van der Waals surface area contributed by atoms with E-state index in [1.807, 2.05) is 0 Å². The lowest BCUT2D eigenvalue weighted by atomic mass is 10.1. The number of pyridine rings is 1. The number of esters is 1. The van der Waals surface area contributed by atoms with Gasteiger partial charge < -0.3 is 15.4 Å². The molecule has 0 aliphatic carbocycles. The molecule has 0 spiro atoms. The number of anilines is 1. The Morgan fingerprint density at radius 2 is 2.53 bits per heavy atom. The monoisotopic (exact) mass is 263 g/mol. The van der Waals surface area contributed by atoms with Gasteiger partial charge in [0.2, 0.25) is 0 Å². The molecule has 1 aliphatic heterocycles. The summed E-state index contributed by atoms with van der Waals surface area (Å²) in [5.74, 6) is 0.288. The van der Waals surface area contributed by atoms with Crippen LogP contribution in [0, 0.1) is 0 Å². The Kier molecular flexibility index (Phi) is 5.15. The van der Waals surface area contributed by atoms with Gasteiger partial charge >= 0.3 is 5.97 Å². The highest BCUT2D eigenvalue weighted by Gasteiger charge is 2.15. The molecular weight excluding hydrogens is 242 g/mol.